The molecule has 2 N–H and O–H groups in total. The van der Waals surface area contributed by atoms with Crippen molar-refractivity contribution in [2.75, 3.05) is 17.2 Å². The maximum atomic E-state index is 13.3. The first kappa shape index (κ1) is 13.9. The van der Waals surface area contributed by atoms with Crippen molar-refractivity contribution >= 4 is 27.3 Å². The Kier molecular flexibility index (Phi) is 4.43. The van der Waals surface area contributed by atoms with E-state index in [1.165, 1.54) is 6.07 Å². The zero-order valence-electron chi connectivity index (χ0n) is 10.7. The first-order valence-electron chi connectivity index (χ1n) is 6.14. The number of hydrogen-bond acceptors (Lipinski definition) is 2. The van der Waals surface area contributed by atoms with E-state index in [0.29, 0.717) is 6.54 Å². The van der Waals surface area contributed by atoms with E-state index in [1.807, 2.05) is 31.2 Å². The Hall–Kier alpha value is -1.55. The van der Waals surface area contributed by atoms with Crippen LogP contribution in [0.5, 0.6) is 0 Å². The summed E-state index contributed by atoms with van der Waals surface area (Å²) in [6.07, 6.45) is 0. The van der Waals surface area contributed by atoms with Crippen LogP contribution in [0.3, 0.4) is 0 Å². The van der Waals surface area contributed by atoms with E-state index in [4.69, 9.17) is 5.73 Å². The minimum atomic E-state index is -0.218. The van der Waals surface area contributed by atoms with Crippen molar-refractivity contribution in [1.82, 2.24) is 0 Å². The van der Waals surface area contributed by atoms with Crippen LogP contribution in [0, 0.1) is 5.82 Å². The molecule has 0 bridgehead atoms. The molecule has 2 aromatic rings. The minimum absolute atomic E-state index is 0.218. The minimum Gasteiger partial charge on any atom is -0.399 e. The first-order valence-corrected chi connectivity index (χ1v) is 6.93. The van der Waals surface area contributed by atoms with Crippen molar-refractivity contribution in [1.29, 1.82) is 0 Å². The highest BCUT2D eigenvalue weighted by Crippen LogP contribution is 2.22. The quantitative estimate of drug-likeness (QED) is 0.855. The number of nitrogens with two attached hydrogens (primary N) is 1. The molecule has 0 saturated heterocycles. The summed E-state index contributed by atoms with van der Waals surface area (Å²) < 4.78 is 14.2. The van der Waals surface area contributed by atoms with E-state index >= 15 is 0 Å². The molecule has 19 heavy (non-hydrogen) atoms. The van der Waals surface area contributed by atoms with E-state index in [-0.39, 0.29) is 5.82 Å². The third kappa shape index (κ3) is 3.70. The molecule has 0 aromatic heterocycles. The Balaban J connectivity index is 2.23. The molecule has 0 saturated carbocycles. The molecule has 0 spiro atoms. The van der Waals surface area contributed by atoms with E-state index in [2.05, 4.69) is 20.8 Å². The van der Waals surface area contributed by atoms with Gasteiger partial charge in [-0.15, -0.1) is 0 Å². The zero-order chi connectivity index (χ0) is 13.8. The van der Waals surface area contributed by atoms with Gasteiger partial charge in [-0.25, -0.2) is 4.39 Å². The predicted molar refractivity (Wildman–Crippen MR) is 81.7 cm³/mol. The number of rotatable bonds is 4. The summed E-state index contributed by atoms with van der Waals surface area (Å²) in [5.41, 5.74) is 8.52. The van der Waals surface area contributed by atoms with Gasteiger partial charge in [0.15, 0.2) is 0 Å². The van der Waals surface area contributed by atoms with Crippen molar-refractivity contribution in [2.24, 2.45) is 0 Å². The Morgan fingerprint density at radius 3 is 2.63 bits per heavy atom. The van der Waals surface area contributed by atoms with E-state index < -0.39 is 0 Å². The highest BCUT2D eigenvalue weighted by Gasteiger charge is 2.07. The molecular formula is C15H16BrFN2. The molecule has 0 heterocycles. The van der Waals surface area contributed by atoms with Gasteiger partial charge in [0.05, 0.1) is 0 Å². The molecule has 0 amide bonds. The number of hydrogen-bond donors (Lipinski definition) is 1. The van der Waals surface area contributed by atoms with Crippen LogP contribution in [-0.2, 0) is 6.54 Å². The van der Waals surface area contributed by atoms with Gasteiger partial charge in [0, 0.05) is 28.9 Å². The van der Waals surface area contributed by atoms with E-state index in [1.54, 1.807) is 12.1 Å². The Labute approximate surface area is 121 Å². The van der Waals surface area contributed by atoms with Crippen molar-refractivity contribution in [2.45, 2.75) is 13.5 Å². The van der Waals surface area contributed by atoms with Crippen molar-refractivity contribution < 1.29 is 4.39 Å². The van der Waals surface area contributed by atoms with E-state index in [9.17, 15) is 4.39 Å². The molecule has 2 rings (SSSR count). The fourth-order valence-corrected chi connectivity index (χ4v) is 2.60. The van der Waals surface area contributed by atoms with E-state index in [0.717, 1.165) is 28.0 Å². The van der Waals surface area contributed by atoms with Crippen LogP contribution >= 0.6 is 15.9 Å². The van der Waals surface area contributed by atoms with Crippen molar-refractivity contribution in [3.05, 3.63) is 58.3 Å². The topological polar surface area (TPSA) is 29.3 Å². The van der Waals surface area contributed by atoms with Gasteiger partial charge in [-0.2, -0.15) is 0 Å². The average Bonchev–Trinajstić information content (AvgIpc) is 2.34. The van der Waals surface area contributed by atoms with Crippen LogP contribution in [0.15, 0.2) is 46.9 Å². The lowest BCUT2D eigenvalue weighted by Gasteiger charge is -2.23. The molecule has 2 nitrogen and oxygen atoms in total. The molecule has 0 aliphatic rings. The molecule has 0 unspecified atom stereocenters. The summed E-state index contributed by atoms with van der Waals surface area (Å²) in [4.78, 5) is 2.10. The van der Waals surface area contributed by atoms with Gasteiger partial charge in [-0.3, -0.25) is 0 Å². The molecule has 100 valence electrons. The lowest BCUT2D eigenvalue weighted by molar-refractivity contribution is 0.626. The Bertz CT molecular complexity index is 552. The molecule has 0 aliphatic heterocycles. The molecule has 0 radical (unpaired) electrons. The number of anilines is 2. The molecule has 4 heteroatoms. The molecule has 0 atom stereocenters. The van der Waals surface area contributed by atoms with Gasteiger partial charge in [0.25, 0.3) is 0 Å². The third-order valence-electron chi connectivity index (χ3n) is 2.91. The number of nitrogen functional groups attached to an aromatic ring is 1. The summed E-state index contributed by atoms with van der Waals surface area (Å²) >= 11 is 3.43. The third-order valence-corrected chi connectivity index (χ3v) is 3.37. The summed E-state index contributed by atoms with van der Waals surface area (Å²) in [6, 6.07) is 12.5. The maximum Gasteiger partial charge on any atom is 0.125 e. The second kappa shape index (κ2) is 6.06. The summed E-state index contributed by atoms with van der Waals surface area (Å²) in [6.45, 7) is 3.55. The summed E-state index contributed by atoms with van der Waals surface area (Å²) in [5, 5.41) is 0. The predicted octanol–water partition coefficient (Wildman–Crippen LogP) is 4.20. The smallest absolute Gasteiger partial charge is 0.125 e. The maximum absolute atomic E-state index is 13.3. The lowest BCUT2D eigenvalue weighted by Crippen LogP contribution is -2.22. The highest BCUT2D eigenvalue weighted by molar-refractivity contribution is 9.10. The van der Waals surface area contributed by atoms with Gasteiger partial charge in [-0.05, 0) is 48.9 Å². The van der Waals surface area contributed by atoms with Crippen LogP contribution in [-0.4, -0.2) is 6.54 Å². The largest absolute Gasteiger partial charge is 0.399 e. The number of halogens is 2. The SMILES string of the molecule is CCN(Cc1cc(N)cc(Br)c1)c1cccc(F)c1. The van der Waals surface area contributed by atoms with Crippen LogP contribution in [0.4, 0.5) is 15.8 Å². The van der Waals surface area contributed by atoms with Crippen molar-refractivity contribution in [3.8, 4) is 0 Å². The van der Waals surface area contributed by atoms with Crippen molar-refractivity contribution in [3.63, 3.8) is 0 Å². The second-order valence-electron chi connectivity index (χ2n) is 4.39. The first-order chi connectivity index (χ1) is 9.08. The molecular weight excluding hydrogens is 307 g/mol. The van der Waals surface area contributed by atoms with Crippen LogP contribution < -0.4 is 10.6 Å². The van der Waals surface area contributed by atoms with Crippen LogP contribution in [0.25, 0.3) is 0 Å². The van der Waals surface area contributed by atoms with Gasteiger partial charge >= 0.3 is 0 Å². The summed E-state index contributed by atoms with van der Waals surface area (Å²) in [5.74, 6) is -0.218. The van der Waals surface area contributed by atoms with Gasteiger partial charge in [-0.1, -0.05) is 22.0 Å². The normalized spacial score (nSPS) is 10.5. The zero-order valence-corrected chi connectivity index (χ0v) is 12.3. The number of nitrogens with zero attached hydrogens (tertiary/aromatic N) is 1. The fourth-order valence-electron chi connectivity index (χ4n) is 2.05. The molecule has 0 fully saturated rings. The van der Waals surface area contributed by atoms with Gasteiger partial charge in [0.2, 0.25) is 0 Å². The summed E-state index contributed by atoms with van der Waals surface area (Å²) in [7, 11) is 0. The Morgan fingerprint density at radius 1 is 1.21 bits per heavy atom. The average molecular weight is 323 g/mol. The monoisotopic (exact) mass is 322 g/mol. The highest BCUT2D eigenvalue weighted by atomic mass is 79.9. The standard InChI is InChI=1S/C15H16BrFN2/c1-2-19(15-5-3-4-13(17)9-15)10-11-6-12(16)8-14(18)7-11/h3-9H,2,10,18H2,1H3. The fraction of sp³-hybridized carbons (Fsp3) is 0.200. The van der Waals surface area contributed by atoms with Gasteiger partial charge in [0.1, 0.15) is 5.82 Å². The number of benzene rings is 2. The molecule has 2 aromatic carbocycles. The lowest BCUT2D eigenvalue weighted by atomic mass is 10.1. The van der Waals surface area contributed by atoms with Crippen LogP contribution in [0.1, 0.15) is 12.5 Å². The molecule has 0 aliphatic carbocycles. The Morgan fingerprint density at radius 2 is 2.00 bits per heavy atom. The van der Waals surface area contributed by atoms with Gasteiger partial charge < -0.3 is 10.6 Å². The second-order valence-corrected chi connectivity index (χ2v) is 5.30. The van der Waals surface area contributed by atoms with Crippen LogP contribution in [0.2, 0.25) is 0 Å².